The second kappa shape index (κ2) is 7.18. The fourth-order valence-electron chi connectivity index (χ4n) is 5.00. The number of rotatable bonds is 1. The highest BCUT2D eigenvalue weighted by Gasteiger charge is 2.51. The molecule has 3 heteroatoms. The Morgan fingerprint density at radius 1 is 0.455 bits per heavy atom. The Morgan fingerprint density at radius 2 is 0.788 bits per heavy atom. The third-order valence-electron chi connectivity index (χ3n) is 7.51. The van der Waals surface area contributed by atoms with E-state index in [-0.39, 0.29) is 18.3 Å². The van der Waals surface area contributed by atoms with Crippen LogP contribution in [0.4, 0.5) is 0 Å². The van der Waals surface area contributed by atoms with E-state index < -0.39 is 0 Å². The van der Waals surface area contributed by atoms with E-state index in [1.165, 1.54) is 41.7 Å². The zero-order valence-electron chi connectivity index (χ0n) is 19.6. The minimum absolute atomic E-state index is 0.370. The molecule has 0 radical (unpaired) electrons. The van der Waals surface area contributed by atoms with Crippen LogP contribution >= 0.6 is 0 Å². The van der Waals surface area contributed by atoms with Gasteiger partial charge in [0.15, 0.2) is 0 Å². The molecule has 2 nitrogen and oxygen atoms in total. The van der Waals surface area contributed by atoms with E-state index >= 15 is 0 Å². The molecule has 0 spiro atoms. The number of hydrogen-bond acceptors (Lipinski definition) is 2. The van der Waals surface area contributed by atoms with Gasteiger partial charge in [-0.25, -0.2) is 0 Å². The van der Waals surface area contributed by atoms with Crippen molar-refractivity contribution in [2.45, 2.75) is 38.9 Å². The summed E-state index contributed by atoms with van der Waals surface area (Å²) in [5, 5.41) is 9.94. The molecule has 1 saturated heterocycles. The summed E-state index contributed by atoms with van der Waals surface area (Å²) < 4.78 is 12.8. The maximum Gasteiger partial charge on any atom is 0.494 e. The molecular weight excluding hydrogens is 403 g/mol. The largest absolute Gasteiger partial charge is 0.494 e. The smallest absolute Gasteiger partial charge is 0.399 e. The minimum atomic E-state index is -0.388. The Balaban J connectivity index is 1.85. The van der Waals surface area contributed by atoms with Crippen LogP contribution in [0, 0.1) is 41.7 Å². The van der Waals surface area contributed by atoms with Crippen LogP contribution in [0.25, 0.3) is 0 Å². The van der Waals surface area contributed by atoms with E-state index in [1.807, 2.05) is 0 Å². The summed E-state index contributed by atoms with van der Waals surface area (Å²) >= 11 is 0. The van der Waals surface area contributed by atoms with Crippen molar-refractivity contribution in [3.63, 3.8) is 0 Å². The first-order chi connectivity index (χ1) is 15.9. The Bertz CT molecular complexity index is 1770. The number of fused-ring (bicyclic) bond motifs is 4. The normalized spacial score (nSPS) is 21.6. The zero-order chi connectivity index (χ0) is 22.8. The van der Waals surface area contributed by atoms with Gasteiger partial charge in [-0.05, 0) is 74.9 Å². The molecule has 33 heavy (non-hydrogen) atoms. The van der Waals surface area contributed by atoms with Crippen molar-refractivity contribution in [3.8, 4) is 0 Å². The fourth-order valence-corrected chi connectivity index (χ4v) is 5.00. The Morgan fingerprint density at radius 3 is 1.18 bits per heavy atom. The lowest BCUT2D eigenvalue weighted by Crippen LogP contribution is -2.41. The Hall–Kier alpha value is -3.14. The van der Waals surface area contributed by atoms with Gasteiger partial charge in [-0.15, -0.1) is 0 Å². The number of hydrogen-bond donors (Lipinski definition) is 0. The highest BCUT2D eigenvalue weighted by Crippen LogP contribution is 2.36. The van der Waals surface area contributed by atoms with Crippen LogP contribution in [0.2, 0.25) is 0 Å². The van der Waals surface area contributed by atoms with Crippen molar-refractivity contribution in [1.82, 2.24) is 0 Å². The second-order valence-electron chi connectivity index (χ2n) is 10.0. The topological polar surface area (TPSA) is 18.5 Å². The average molecular weight is 430 g/mol. The summed E-state index contributed by atoms with van der Waals surface area (Å²) in [6.45, 7) is 8.40. The van der Waals surface area contributed by atoms with Gasteiger partial charge < -0.3 is 9.31 Å². The van der Waals surface area contributed by atoms with Crippen molar-refractivity contribution in [2.24, 2.45) is 0 Å². The molecule has 2 aliphatic rings. The summed E-state index contributed by atoms with van der Waals surface area (Å²) in [7, 11) is -0.388. The maximum atomic E-state index is 6.39. The van der Waals surface area contributed by atoms with E-state index in [2.05, 4.69) is 119 Å². The van der Waals surface area contributed by atoms with Crippen LogP contribution < -0.4 is 5.46 Å². The lowest BCUT2D eigenvalue weighted by Gasteiger charge is -2.32. The zero-order valence-corrected chi connectivity index (χ0v) is 19.6. The molecule has 4 aromatic carbocycles. The van der Waals surface area contributed by atoms with Gasteiger partial charge in [-0.2, -0.15) is 0 Å². The molecule has 0 atom stereocenters. The van der Waals surface area contributed by atoms with Crippen LogP contribution in [0.5, 0.6) is 0 Å². The fraction of sp³-hybridized carbons (Fsp3) is 0.200. The first kappa shape index (κ1) is 20.5. The SMILES string of the molecule is CC1(C)OB(c2ccc3/c(c2)=c2/cccc/c2=c2\cccc\c2=c2/cccc/c2=3)OC1(C)C. The second-order valence-corrected chi connectivity index (χ2v) is 10.0. The summed E-state index contributed by atoms with van der Waals surface area (Å²) in [5.74, 6) is 0. The Labute approximate surface area is 193 Å². The molecule has 1 fully saturated rings. The lowest BCUT2D eigenvalue weighted by atomic mass is 9.78. The average Bonchev–Trinajstić information content (AvgIpc) is 3.04. The molecule has 1 aliphatic carbocycles. The molecule has 0 unspecified atom stereocenters. The number of benzene rings is 4. The maximum absolute atomic E-state index is 6.39. The molecule has 0 amide bonds. The molecule has 0 N–H and O–H groups in total. The lowest BCUT2D eigenvalue weighted by molar-refractivity contribution is 0.00578. The van der Waals surface area contributed by atoms with E-state index in [0.717, 1.165) is 5.46 Å². The highest BCUT2D eigenvalue weighted by molar-refractivity contribution is 6.62. The monoisotopic (exact) mass is 430 g/mol. The van der Waals surface area contributed by atoms with Crippen molar-refractivity contribution >= 4 is 12.6 Å². The third kappa shape index (κ3) is 3.11. The molecule has 162 valence electrons. The molecule has 0 saturated carbocycles. The standard InChI is InChI=1S/C30H27BO2/c1-29(2)30(3,4)33-31(32-29)20-17-18-27-25-15-8-7-13-23(25)21-11-5-6-12-22(21)24-14-9-10-16-26(24)28(27)19-20/h5-19H,1-4H3/b23-21-,24-22-,27-25-,28-26-. The first-order valence-electron chi connectivity index (χ1n) is 11.6. The Kier molecular flexibility index (Phi) is 4.45. The van der Waals surface area contributed by atoms with E-state index in [0.29, 0.717) is 0 Å². The van der Waals surface area contributed by atoms with Gasteiger partial charge in [0.1, 0.15) is 0 Å². The molecule has 0 bridgehead atoms. The van der Waals surface area contributed by atoms with Gasteiger partial charge in [0.25, 0.3) is 0 Å². The summed E-state index contributed by atoms with van der Waals surface area (Å²) in [5.41, 5.74) is 0.310. The van der Waals surface area contributed by atoms with E-state index in [4.69, 9.17) is 9.31 Å². The predicted molar refractivity (Wildman–Crippen MR) is 132 cm³/mol. The van der Waals surface area contributed by atoms with Crippen LogP contribution in [0.1, 0.15) is 27.7 Å². The minimum Gasteiger partial charge on any atom is -0.399 e. The first-order valence-corrected chi connectivity index (χ1v) is 11.6. The molecule has 1 heterocycles. The molecule has 1 aliphatic heterocycles. The predicted octanol–water partition coefficient (Wildman–Crippen LogP) is 5.45. The molecule has 4 aromatic rings. The van der Waals surface area contributed by atoms with Crippen molar-refractivity contribution in [3.05, 3.63) is 133 Å². The third-order valence-corrected chi connectivity index (χ3v) is 7.51. The summed E-state index contributed by atoms with van der Waals surface area (Å²) in [6.07, 6.45) is 0. The molecule has 6 rings (SSSR count). The van der Waals surface area contributed by atoms with Gasteiger partial charge in [0, 0.05) is 0 Å². The quantitative estimate of drug-likeness (QED) is 0.330. The van der Waals surface area contributed by atoms with Crippen molar-refractivity contribution in [2.75, 3.05) is 0 Å². The van der Waals surface area contributed by atoms with Gasteiger partial charge >= 0.3 is 7.12 Å². The van der Waals surface area contributed by atoms with E-state index in [9.17, 15) is 0 Å². The van der Waals surface area contributed by atoms with Gasteiger partial charge in [0.05, 0.1) is 11.2 Å². The summed E-state index contributed by atoms with van der Waals surface area (Å²) in [6, 6.07) is 32.8. The molecule has 0 aromatic heterocycles. The van der Waals surface area contributed by atoms with Crippen LogP contribution in [-0.2, 0) is 9.31 Å². The van der Waals surface area contributed by atoms with Crippen LogP contribution in [0.15, 0.2) is 91.0 Å². The van der Waals surface area contributed by atoms with Crippen LogP contribution in [0.3, 0.4) is 0 Å². The summed E-state index contributed by atoms with van der Waals surface area (Å²) in [4.78, 5) is 0. The van der Waals surface area contributed by atoms with Gasteiger partial charge in [-0.1, -0.05) is 91.0 Å². The van der Waals surface area contributed by atoms with Crippen molar-refractivity contribution < 1.29 is 9.31 Å². The molecular formula is C30H27BO2. The highest BCUT2D eigenvalue weighted by atomic mass is 16.7. The van der Waals surface area contributed by atoms with Crippen LogP contribution in [-0.4, -0.2) is 18.3 Å². The van der Waals surface area contributed by atoms with E-state index in [1.54, 1.807) is 0 Å². The van der Waals surface area contributed by atoms with Gasteiger partial charge in [-0.3, -0.25) is 0 Å². The van der Waals surface area contributed by atoms with Crippen molar-refractivity contribution in [1.29, 1.82) is 0 Å². The van der Waals surface area contributed by atoms with Gasteiger partial charge in [0.2, 0.25) is 0 Å².